The van der Waals surface area contributed by atoms with Crippen LogP contribution < -0.4 is 4.90 Å². The molecule has 0 saturated heterocycles. The Balaban J connectivity index is 1.66. The topological polar surface area (TPSA) is 82.1 Å². The molecule has 6 nitrogen and oxygen atoms in total. The number of nitrogens with one attached hydrogen (secondary N) is 1. The van der Waals surface area contributed by atoms with Crippen molar-refractivity contribution >= 4 is 11.8 Å². The summed E-state index contributed by atoms with van der Waals surface area (Å²) in [6.45, 7) is 3.21. The third kappa shape index (κ3) is 3.30. The lowest BCUT2D eigenvalue weighted by atomic mass is 10.0. The molecule has 3 aromatic rings. The molecule has 0 saturated carbocycles. The fourth-order valence-electron chi connectivity index (χ4n) is 3.53. The fourth-order valence-corrected chi connectivity index (χ4v) is 3.53. The van der Waals surface area contributed by atoms with Gasteiger partial charge in [0, 0.05) is 25.2 Å². The van der Waals surface area contributed by atoms with Crippen LogP contribution in [0.1, 0.15) is 41.7 Å². The third-order valence-electron chi connectivity index (χ3n) is 5.14. The van der Waals surface area contributed by atoms with Crippen molar-refractivity contribution in [1.29, 1.82) is 0 Å². The Bertz CT molecular complexity index is 978. The summed E-state index contributed by atoms with van der Waals surface area (Å²) < 4.78 is 0. The van der Waals surface area contributed by atoms with Crippen LogP contribution in [0, 0.1) is 0 Å². The van der Waals surface area contributed by atoms with E-state index in [0.29, 0.717) is 5.92 Å². The highest BCUT2D eigenvalue weighted by atomic mass is 16.4. The van der Waals surface area contributed by atoms with Gasteiger partial charge in [-0.3, -0.25) is 0 Å². The summed E-state index contributed by atoms with van der Waals surface area (Å²) in [6.07, 6.45) is 4.07. The number of fused-ring (bicyclic) bond motifs is 1. The second-order valence-electron chi connectivity index (χ2n) is 7.10. The molecule has 0 amide bonds. The molecule has 2 aromatic heterocycles. The number of anilines is 1. The first-order valence-corrected chi connectivity index (χ1v) is 9.14. The van der Waals surface area contributed by atoms with Crippen molar-refractivity contribution in [3.8, 4) is 22.6 Å². The average Bonchev–Trinajstić information content (AvgIpc) is 3.12. The minimum Gasteiger partial charge on any atom is -0.478 e. The number of carboxylic acids is 1. The summed E-state index contributed by atoms with van der Waals surface area (Å²) >= 11 is 0. The molecule has 0 spiro atoms. The van der Waals surface area contributed by atoms with Crippen molar-refractivity contribution in [1.82, 2.24) is 15.0 Å². The molecule has 0 fully saturated rings. The Labute approximate surface area is 157 Å². The van der Waals surface area contributed by atoms with E-state index >= 15 is 0 Å². The van der Waals surface area contributed by atoms with E-state index in [1.54, 1.807) is 24.3 Å². The molecule has 27 heavy (non-hydrogen) atoms. The Hall–Kier alpha value is -3.15. The summed E-state index contributed by atoms with van der Waals surface area (Å²) in [4.78, 5) is 26.1. The third-order valence-corrected chi connectivity index (χ3v) is 5.14. The number of hydrogen-bond donors (Lipinski definition) is 2. The molecule has 1 aromatic carbocycles. The molecule has 1 unspecified atom stereocenters. The number of carboxylic acid groups (broad SMARTS) is 1. The van der Waals surface area contributed by atoms with Crippen molar-refractivity contribution in [3.05, 3.63) is 53.9 Å². The van der Waals surface area contributed by atoms with Crippen LogP contribution in [-0.4, -0.2) is 39.6 Å². The predicted octanol–water partition coefficient (Wildman–Crippen LogP) is 4.17. The monoisotopic (exact) mass is 362 g/mol. The lowest BCUT2D eigenvalue weighted by Crippen LogP contribution is -2.19. The summed E-state index contributed by atoms with van der Waals surface area (Å²) in [5, 5.41) is 9.03. The van der Waals surface area contributed by atoms with Gasteiger partial charge < -0.3 is 15.0 Å². The molecule has 6 heteroatoms. The van der Waals surface area contributed by atoms with Gasteiger partial charge in [0.15, 0.2) is 0 Å². The molecule has 3 heterocycles. The van der Waals surface area contributed by atoms with Gasteiger partial charge in [0.25, 0.3) is 0 Å². The van der Waals surface area contributed by atoms with E-state index in [2.05, 4.69) is 28.8 Å². The van der Waals surface area contributed by atoms with Crippen molar-refractivity contribution in [2.24, 2.45) is 0 Å². The second kappa shape index (κ2) is 6.87. The quantitative estimate of drug-likeness (QED) is 0.731. The summed E-state index contributed by atoms with van der Waals surface area (Å²) in [5.74, 6) is 0.434. The number of carbonyl (C=O) groups is 1. The Kier molecular flexibility index (Phi) is 4.39. The maximum Gasteiger partial charge on any atom is 0.335 e. The lowest BCUT2D eigenvalue weighted by molar-refractivity contribution is 0.0697. The number of H-pyrrole nitrogens is 1. The highest BCUT2D eigenvalue weighted by Gasteiger charge is 2.21. The fraction of sp³-hybridized carbons (Fsp3) is 0.286. The van der Waals surface area contributed by atoms with Gasteiger partial charge in [-0.1, -0.05) is 19.1 Å². The van der Waals surface area contributed by atoms with Crippen molar-refractivity contribution < 1.29 is 9.90 Å². The molecule has 0 bridgehead atoms. The van der Waals surface area contributed by atoms with Gasteiger partial charge in [-0.2, -0.15) is 0 Å². The number of aromatic nitrogens is 3. The van der Waals surface area contributed by atoms with Crippen molar-refractivity contribution in [2.45, 2.75) is 25.7 Å². The molecule has 138 valence electrons. The first kappa shape index (κ1) is 17.3. The number of rotatable bonds is 3. The number of nitrogens with zero attached hydrogens (tertiary/aromatic N) is 3. The van der Waals surface area contributed by atoms with E-state index in [1.807, 2.05) is 18.3 Å². The zero-order valence-corrected chi connectivity index (χ0v) is 15.4. The molecule has 4 rings (SSSR count). The number of hydrogen-bond acceptors (Lipinski definition) is 4. The largest absolute Gasteiger partial charge is 0.478 e. The van der Waals surface area contributed by atoms with Crippen LogP contribution in [0.3, 0.4) is 0 Å². The summed E-state index contributed by atoms with van der Waals surface area (Å²) in [5.41, 5.74) is 4.91. The average molecular weight is 362 g/mol. The Morgan fingerprint density at radius 2 is 1.93 bits per heavy atom. The first-order chi connectivity index (χ1) is 13.0. The van der Waals surface area contributed by atoms with Gasteiger partial charge in [0.2, 0.25) is 0 Å². The molecule has 1 aliphatic rings. The van der Waals surface area contributed by atoms with Crippen LogP contribution in [0.25, 0.3) is 22.6 Å². The molecule has 2 N–H and O–H groups in total. The highest BCUT2D eigenvalue weighted by molar-refractivity contribution is 5.88. The van der Waals surface area contributed by atoms with Gasteiger partial charge in [0.1, 0.15) is 11.5 Å². The van der Waals surface area contributed by atoms with Crippen LogP contribution in [0.4, 0.5) is 5.82 Å². The minimum atomic E-state index is -0.923. The van der Waals surface area contributed by atoms with E-state index in [4.69, 9.17) is 10.1 Å². The zero-order chi connectivity index (χ0) is 19.0. The number of aromatic amines is 1. The predicted molar refractivity (Wildman–Crippen MR) is 105 cm³/mol. The number of aromatic carboxylic acids is 1. The van der Waals surface area contributed by atoms with Gasteiger partial charge >= 0.3 is 5.97 Å². The van der Waals surface area contributed by atoms with Crippen LogP contribution >= 0.6 is 0 Å². The SMILES string of the molecule is CC1CCCN(C)c2ncc(-c3ccc(-c4ccc(C(=O)O)cc4)[nH]3)nc21. The Morgan fingerprint density at radius 1 is 1.19 bits per heavy atom. The number of benzene rings is 1. The zero-order valence-electron chi connectivity index (χ0n) is 15.4. The normalized spacial score (nSPS) is 16.7. The maximum absolute atomic E-state index is 11.0. The lowest BCUT2D eigenvalue weighted by Gasteiger charge is -2.18. The Morgan fingerprint density at radius 3 is 2.67 bits per heavy atom. The van der Waals surface area contributed by atoms with E-state index in [9.17, 15) is 4.79 Å². The van der Waals surface area contributed by atoms with Gasteiger partial charge in [-0.25, -0.2) is 14.8 Å². The maximum atomic E-state index is 11.0. The van der Waals surface area contributed by atoms with E-state index in [1.165, 1.54) is 0 Å². The van der Waals surface area contributed by atoms with Crippen molar-refractivity contribution in [3.63, 3.8) is 0 Å². The van der Waals surface area contributed by atoms with Crippen molar-refractivity contribution in [2.75, 3.05) is 18.5 Å². The van der Waals surface area contributed by atoms with Gasteiger partial charge in [0.05, 0.1) is 23.1 Å². The molecular formula is C21H22N4O2. The first-order valence-electron chi connectivity index (χ1n) is 9.14. The van der Waals surface area contributed by atoms with Crippen LogP contribution in [0.2, 0.25) is 0 Å². The van der Waals surface area contributed by atoms with E-state index in [-0.39, 0.29) is 5.56 Å². The summed E-state index contributed by atoms with van der Waals surface area (Å²) in [6, 6.07) is 10.8. The molecule has 1 aliphatic heterocycles. The standard InChI is InChI=1S/C21H22N4O2/c1-13-4-3-11-25(2)20-19(13)24-18(12-22-20)17-10-9-16(23-17)14-5-7-15(8-6-14)21(26)27/h5-10,12-13,23H,3-4,11H2,1-2H3,(H,26,27). The molecule has 1 atom stereocenters. The van der Waals surface area contributed by atoms with Gasteiger partial charge in [-0.05, 0) is 42.7 Å². The van der Waals surface area contributed by atoms with Gasteiger partial charge in [-0.15, -0.1) is 0 Å². The van der Waals surface area contributed by atoms with Crippen LogP contribution in [0.5, 0.6) is 0 Å². The minimum absolute atomic E-state index is 0.278. The van der Waals surface area contributed by atoms with Crippen LogP contribution in [-0.2, 0) is 0 Å². The molecule has 0 radical (unpaired) electrons. The summed E-state index contributed by atoms with van der Waals surface area (Å²) in [7, 11) is 2.07. The van der Waals surface area contributed by atoms with Crippen LogP contribution in [0.15, 0.2) is 42.6 Å². The second-order valence-corrected chi connectivity index (χ2v) is 7.10. The smallest absolute Gasteiger partial charge is 0.335 e. The molecule has 0 aliphatic carbocycles. The highest BCUT2D eigenvalue weighted by Crippen LogP contribution is 2.32. The van der Waals surface area contributed by atoms with E-state index < -0.39 is 5.97 Å². The molecular weight excluding hydrogens is 340 g/mol. The van der Waals surface area contributed by atoms with E-state index in [0.717, 1.165) is 53.5 Å².